The minimum absolute atomic E-state index is 0.0109. The molecule has 1 aromatic rings. The Hall–Kier alpha value is -2.18. The Kier molecular flexibility index (Phi) is 6.08. The van der Waals surface area contributed by atoms with Crippen LogP contribution in [0.3, 0.4) is 0 Å². The van der Waals surface area contributed by atoms with Crippen LogP contribution in [0.15, 0.2) is 12.3 Å². The smallest absolute Gasteiger partial charge is 0.314 e. The monoisotopic (exact) mass is 295 g/mol. The number of hydrogen-bond acceptors (Lipinski definition) is 5. The van der Waals surface area contributed by atoms with Gasteiger partial charge >= 0.3 is 11.7 Å². The standard InChI is InChI=1S/C14H21N3O4/c1-9-7-8-15-13(12(9)17(20)21)16-11(3)6-4-5-10(2)14(18)19/h7-8,10-11H,4-6H2,1-3H3,(H,15,16)(H,18,19). The van der Waals surface area contributed by atoms with Gasteiger partial charge < -0.3 is 10.4 Å². The van der Waals surface area contributed by atoms with Gasteiger partial charge in [0.1, 0.15) is 0 Å². The predicted molar refractivity (Wildman–Crippen MR) is 79.4 cm³/mol. The van der Waals surface area contributed by atoms with Gasteiger partial charge in [-0.2, -0.15) is 0 Å². The highest BCUT2D eigenvalue weighted by molar-refractivity contribution is 5.69. The second kappa shape index (κ2) is 7.56. The van der Waals surface area contributed by atoms with Crippen LogP contribution in [-0.2, 0) is 4.79 Å². The average molecular weight is 295 g/mol. The molecule has 0 fully saturated rings. The Labute approximate surface area is 123 Å². The molecule has 0 aliphatic carbocycles. The first-order valence-corrected chi connectivity index (χ1v) is 6.92. The summed E-state index contributed by atoms with van der Waals surface area (Å²) in [6.07, 6.45) is 3.58. The molecule has 0 bridgehead atoms. The number of anilines is 1. The zero-order valence-corrected chi connectivity index (χ0v) is 12.5. The summed E-state index contributed by atoms with van der Waals surface area (Å²) < 4.78 is 0. The van der Waals surface area contributed by atoms with Crippen LogP contribution in [0.1, 0.15) is 38.7 Å². The normalized spacial score (nSPS) is 13.5. The Morgan fingerprint density at radius 1 is 1.48 bits per heavy atom. The summed E-state index contributed by atoms with van der Waals surface area (Å²) in [6.45, 7) is 5.25. The summed E-state index contributed by atoms with van der Waals surface area (Å²) in [5.74, 6) is -0.908. The average Bonchev–Trinajstić information content (AvgIpc) is 2.37. The van der Waals surface area contributed by atoms with Crippen LogP contribution in [0.2, 0.25) is 0 Å². The highest BCUT2D eigenvalue weighted by Gasteiger charge is 2.20. The molecule has 1 aromatic heterocycles. The highest BCUT2D eigenvalue weighted by atomic mass is 16.6. The Balaban J connectivity index is 2.59. The lowest BCUT2D eigenvalue weighted by Crippen LogP contribution is -2.18. The maximum atomic E-state index is 11.1. The first-order valence-electron chi connectivity index (χ1n) is 6.92. The number of rotatable bonds is 8. The molecule has 0 radical (unpaired) electrons. The zero-order valence-electron chi connectivity index (χ0n) is 12.5. The summed E-state index contributed by atoms with van der Waals surface area (Å²) >= 11 is 0. The summed E-state index contributed by atoms with van der Waals surface area (Å²) in [6, 6.07) is 1.58. The van der Waals surface area contributed by atoms with Crippen molar-refractivity contribution in [1.82, 2.24) is 4.98 Å². The Morgan fingerprint density at radius 2 is 2.14 bits per heavy atom. The second-order valence-corrected chi connectivity index (χ2v) is 5.30. The van der Waals surface area contributed by atoms with E-state index in [4.69, 9.17) is 5.11 Å². The van der Waals surface area contributed by atoms with E-state index in [1.807, 2.05) is 6.92 Å². The Morgan fingerprint density at radius 3 is 2.71 bits per heavy atom. The number of pyridine rings is 1. The first kappa shape index (κ1) is 16.9. The molecule has 21 heavy (non-hydrogen) atoms. The molecule has 0 saturated heterocycles. The van der Waals surface area contributed by atoms with Crippen LogP contribution in [0.5, 0.6) is 0 Å². The van der Waals surface area contributed by atoms with E-state index < -0.39 is 10.9 Å². The number of nitrogens with zero attached hydrogens (tertiary/aromatic N) is 2. The van der Waals surface area contributed by atoms with Gasteiger partial charge in [-0.25, -0.2) is 4.98 Å². The van der Waals surface area contributed by atoms with Crippen molar-refractivity contribution in [2.45, 2.75) is 46.1 Å². The number of hydrogen-bond donors (Lipinski definition) is 2. The summed E-state index contributed by atoms with van der Waals surface area (Å²) in [4.78, 5) is 25.4. The van der Waals surface area contributed by atoms with Crippen molar-refractivity contribution < 1.29 is 14.8 Å². The number of nitro groups is 1. The number of nitrogens with one attached hydrogen (secondary N) is 1. The summed E-state index contributed by atoms with van der Waals surface area (Å²) in [5, 5.41) is 22.9. The summed E-state index contributed by atoms with van der Waals surface area (Å²) in [7, 11) is 0. The van der Waals surface area contributed by atoms with Crippen molar-refractivity contribution in [2.24, 2.45) is 5.92 Å². The lowest BCUT2D eigenvalue weighted by molar-refractivity contribution is -0.384. The predicted octanol–water partition coefficient (Wildman–Crippen LogP) is 2.99. The van der Waals surface area contributed by atoms with Gasteiger partial charge in [-0.15, -0.1) is 0 Å². The number of carboxylic acids is 1. The fraction of sp³-hybridized carbons (Fsp3) is 0.571. The van der Waals surface area contributed by atoms with Crippen LogP contribution in [-0.4, -0.2) is 27.0 Å². The van der Waals surface area contributed by atoms with E-state index in [1.165, 1.54) is 6.20 Å². The van der Waals surface area contributed by atoms with Crippen LogP contribution in [0, 0.1) is 23.0 Å². The van der Waals surface area contributed by atoms with E-state index in [0.717, 1.165) is 12.8 Å². The molecule has 2 atom stereocenters. The van der Waals surface area contributed by atoms with Gasteiger partial charge in [0.05, 0.1) is 10.8 Å². The third kappa shape index (κ3) is 5.02. The molecule has 0 aromatic carbocycles. The molecule has 1 rings (SSSR count). The Bertz CT molecular complexity index is 519. The van der Waals surface area contributed by atoms with Crippen LogP contribution in [0.4, 0.5) is 11.5 Å². The molecule has 0 aliphatic heterocycles. The van der Waals surface area contributed by atoms with Crippen LogP contribution in [0.25, 0.3) is 0 Å². The van der Waals surface area contributed by atoms with Crippen molar-refractivity contribution in [3.05, 3.63) is 27.9 Å². The molecular formula is C14H21N3O4. The highest BCUT2D eigenvalue weighted by Crippen LogP contribution is 2.26. The molecule has 1 heterocycles. The topological polar surface area (TPSA) is 105 Å². The maximum absolute atomic E-state index is 11.1. The van der Waals surface area contributed by atoms with Gasteiger partial charge in [-0.1, -0.05) is 13.3 Å². The fourth-order valence-corrected chi connectivity index (χ4v) is 2.05. The molecule has 2 unspecified atom stereocenters. The van der Waals surface area contributed by atoms with Crippen molar-refractivity contribution in [3.8, 4) is 0 Å². The number of aromatic nitrogens is 1. The zero-order chi connectivity index (χ0) is 16.0. The van der Waals surface area contributed by atoms with E-state index in [0.29, 0.717) is 12.0 Å². The number of aliphatic carboxylic acids is 1. The second-order valence-electron chi connectivity index (χ2n) is 5.30. The van der Waals surface area contributed by atoms with Crippen molar-refractivity contribution >= 4 is 17.5 Å². The van der Waals surface area contributed by atoms with Crippen molar-refractivity contribution in [2.75, 3.05) is 5.32 Å². The quantitative estimate of drug-likeness (QED) is 0.564. The number of carboxylic acid groups (broad SMARTS) is 1. The van der Waals surface area contributed by atoms with Gasteiger partial charge in [-0.3, -0.25) is 14.9 Å². The van der Waals surface area contributed by atoms with E-state index in [9.17, 15) is 14.9 Å². The molecule has 0 aliphatic rings. The molecule has 0 amide bonds. The number of carbonyl (C=O) groups is 1. The number of aryl methyl sites for hydroxylation is 1. The van der Waals surface area contributed by atoms with Gasteiger partial charge in [0.15, 0.2) is 0 Å². The minimum atomic E-state index is -0.799. The van der Waals surface area contributed by atoms with Crippen molar-refractivity contribution in [1.29, 1.82) is 0 Å². The van der Waals surface area contributed by atoms with Gasteiger partial charge in [0.2, 0.25) is 5.82 Å². The third-order valence-electron chi connectivity index (χ3n) is 3.39. The van der Waals surface area contributed by atoms with Crippen LogP contribution >= 0.6 is 0 Å². The van der Waals surface area contributed by atoms with Gasteiger partial charge in [-0.05, 0) is 32.8 Å². The van der Waals surface area contributed by atoms with Gasteiger partial charge in [0.25, 0.3) is 0 Å². The van der Waals surface area contributed by atoms with Crippen molar-refractivity contribution in [3.63, 3.8) is 0 Å². The lowest BCUT2D eigenvalue weighted by atomic mass is 10.0. The first-order chi connectivity index (χ1) is 9.82. The largest absolute Gasteiger partial charge is 0.481 e. The molecule has 7 nitrogen and oxygen atoms in total. The lowest BCUT2D eigenvalue weighted by Gasteiger charge is -2.15. The van der Waals surface area contributed by atoms with E-state index in [1.54, 1.807) is 19.9 Å². The molecule has 116 valence electrons. The van der Waals surface area contributed by atoms with Gasteiger partial charge in [0, 0.05) is 17.8 Å². The summed E-state index contributed by atoms with van der Waals surface area (Å²) in [5.41, 5.74) is 0.549. The van der Waals surface area contributed by atoms with E-state index in [-0.39, 0.29) is 23.5 Å². The fourth-order valence-electron chi connectivity index (χ4n) is 2.05. The maximum Gasteiger partial charge on any atom is 0.314 e. The van der Waals surface area contributed by atoms with E-state index in [2.05, 4.69) is 10.3 Å². The SMILES string of the molecule is Cc1ccnc(NC(C)CCCC(C)C(=O)O)c1[N+](=O)[O-]. The molecule has 0 saturated carbocycles. The molecule has 7 heteroatoms. The third-order valence-corrected chi connectivity index (χ3v) is 3.39. The van der Waals surface area contributed by atoms with Crippen LogP contribution < -0.4 is 5.32 Å². The van der Waals surface area contributed by atoms with E-state index >= 15 is 0 Å². The molecule has 2 N–H and O–H groups in total. The minimum Gasteiger partial charge on any atom is -0.481 e. The molecule has 0 spiro atoms. The molecular weight excluding hydrogens is 274 g/mol.